The number of hydrogen-bond donors (Lipinski definition) is 0. The van der Waals surface area contributed by atoms with Crippen LogP contribution < -0.4 is 0 Å². The van der Waals surface area contributed by atoms with E-state index in [9.17, 15) is 19.5 Å². The van der Waals surface area contributed by atoms with E-state index in [0.29, 0.717) is 20.6 Å². The van der Waals surface area contributed by atoms with Crippen molar-refractivity contribution in [3.05, 3.63) is 45.8 Å². The van der Waals surface area contributed by atoms with Crippen molar-refractivity contribution in [1.82, 2.24) is 0 Å². The Hall–Kier alpha value is -1.54. The average molecular weight is 521 g/mol. The number of nitrogens with zero attached hydrogens (tertiary/aromatic N) is 2. The van der Waals surface area contributed by atoms with Crippen molar-refractivity contribution in [1.29, 1.82) is 0 Å². The van der Waals surface area contributed by atoms with Crippen LogP contribution in [0, 0.1) is 10.4 Å². The van der Waals surface area contributed by atoms with Gasteiger partial charge in [0.1, 0.15) is 0 Å². The molecular weight excluding hydrogens is 482 g/mol. The van der Waals surface area contributed by atoms with Gasteiger partial charge in [-0.3, -0.25) is 9.13 Å². The van der Waals surface area contributed by atoms with Gasteiger partial charge in [0.15, 0.2) is 12.4 Å². The lowest BCUT2D eigenvalue weighted by atomic mass is 10.1. The van der Waals surface area contributed by atoms with E-state index in [2.05, 4.69) is 0 Å². The molecule has 0 atom stereocenters. The van der Waals surface area contributed by atoms with Gasteiger partial charge in [-0.2, -0.15) is 9.48 Å². The summed E-state index contributed by atoms with van der Waals surface area (Å²) in [6.45, 7) is 13.0. The Bertz CT molecular complexity index is 878. The third-order valence-corrected chi connectivity index (χ3v) is 10.6. The van der Waals surface area contributed by atoms with Crippen LogP contribution in [-0.4, -0.2) is 58.9 Å². The van der Waals surface area contributed by atoms with Crippen LogP contribution in [-0.2, 0) is 27.2 Å². The van der Waals surface area contributed by atoms with E-state index in [4.69, 9.17) is 18.1 Å². The molecule has 0 amide bonds. The van der Waals surface area contributed by atoms with Gasteiger partial charge in [0.05, 0.1) is 37.6 Å². The summed E-state index contributed by atoms with van der Waals surface area (Å²) in [4.78, 5) is 0. The third kappa shape index (κ3) is 6.56. The molecule has 0 saturated carbocycles. The lowest BCUT2D eigenvalue weighted by Gasteiger charge is -2.31. The highest BCUT2D eigenvalue weighted by molar-refractivity contribution is 7.55. The van der Waals surface area contributed by atoms with Gasteiger partial charge in [-0.1, -0.05) is 12.1 Å². The van der Waals surface area contributed by atoms with Gasteiger partial charge in [0, 0.05) is 27.7 Å². The number of rotatable bonds is 14. The predicted octanol–water partition coefficient (Wildman–Crippen LogP) is 5.55. The summed E-state index contributed by atoms with van der Waals surface area (Å²) >= 11 is 0. The van der Waals surface area contributed by atoms with E-state index in [-0.39, 0.29) is 26.4 Å². The third-order valence-electron chi connectivity index (χ3n) is 5.12. The molecule has 0 bridgehead atoms. The van der Waals surface area contributed by atoms with E-state index >= 15 is 0 Å². The van der Waals surface area contributed by atoms with Crippen LogP contribution in [0.25, 0.3) is 0 Å². The zero-order valence-electron chi connectivity index (χ0n) is 21.3. The van der Waals surface area contributed by atoms with E-state index in [1.165, 1.54) is 40.1 Å². The fourth-order valence-electron chi connectivity index (χ4n) is 2.94. The summed E-state index contributed by atoms with van der Waals surface area (Å²) < 4.78 is 49.0. The number of hydrogen-bond acceptors (Lipinski definition) is 8. The average Bonchev–Trinajstić information content (AvgIpc) is 2.75. The second-order valence-electron chi connectivity index (χ2n) is 8.19. The van der Waals surface area contributed by atoms with Crippen molar-refractivity contribution < 1.29 is 36.7 Å². The Labute approximate surface area is 202 Å². The SMILES string of the molecule is CCOP(=O)(OCC)C(C)(C)/[N+]([O-])=C\c1ccccc1/C=[N+](/[O-])C(C)(C)P(=O)(OCC)OCC. The first-order valence-corrected chi connectivity index (χ1v) is 14.3. The van der Waals surface area contributed by atoms with Crippen LogP contribution in [0.15, 0.2) is 24.3 Å². The van der Waals surface area contributed by atoms with Gasteiger partial charge in [-0.05, 0) is 39.8 Å². The molecule has 194 valence electrons. The van der Waals surface area contributed by atoms with Crippen LogP contribution in [0.5, 0.6) is 0 Å². The topological polar surface area (TPSA) is 123 Å². The van der Waals surface area contributed by atoms with E-state index in [1.54, 1.807) is 52.0 Å². The maximum absolute atomic E-state index is 13.3. The highest BCUT2D eigenvalue weighted by atomic mass is 31.2. The van der Waals surface area contributed by atoms with Crippen molar-refractivity contribution in [2.24, 2.45) is 0 Å². The minimum Gasteiger partial charge on any atom is -0.623 e. The van der Waals surface area contributed by atoms with Gasteiger partial charge in [-0.25, -0.2) is 0 Å². The molecule has 0 saturated heterocycles. The zero-order chi connectivity index (χ0) is 26.2. The fraction of sp³-hybridized carbons (Fsp3) is 0.636. The Morgan fingerprint density at radius 1 is 0.706 bits per heavy atom. The quantitative estimate of drug-likeness (QED) is 0.103. The minimum atomic E-state index is -3.79. The summed E-state index contributed by atoms with van der Waals surface area (Å²) in [6.07, 6.45) is 2.45. The highest BCUT2D eigenvalue weighted by Crippen LogP contribution is 2.60. The monoisotopic (exact) mass is 520 g/mol. The molecule has 34 heavy (non-hydrogen) atoms. The maximum atomic E-state index is 13.3. The lowest BCUT2D eigenvalue weighted by Crippen LogP contribution is -2.36. The van der Waals surface area contributed by atoms with Gasteiger partial charge in [0.25, 0.3) is 10.6 Å². The van der Waals surface area contributed by atoms with Crippen molar-refractivity contribution >= 4 is 27.6 Å². The molecule has 0 unspecified atom stereocenters. The molecule has 0 aliphatic heterocycles. The fourth-order valence-corrected chi connectivity index (χ4v) is 6.31. The summed E-state index contributed by atoms with van der Waals surface area (Å²) in [5, 5.41) is 23.2. The van der Waals surface area contributed by atoms with Gasteiger partial charge in [-0.15, -0.1) is 0 Å². The molecule has 1 aromatic rings. The van der Waals surface area contributed by atoms with Crippen LogP contribution in [0.3, 0.4) is 0 Å². The Kier molecular flexibility index (Phi) is 11.1. The summed E-state index contributed by atoms with van der Waals surface area (Å²) in [7, 11) is -7.58. The molecule has 1 aromatic carbocycles. The molecule has 0 N–H and O–H groups in total. The molecule has 0 heterocycles. The van der Waals surface area contributed by atoms with Gasteiger partial charge in [0.2, 0.25) is 0 Å². The normalized spacial score (nSPS) is 14.5. The van der Waals surface area contributed by atoms with E-state index in [1.807, 2.05) is 0 Å². The van der Waals surface area contributed by atoms with E-state index in [0.717, 1.165) is 0 Å². The largest absolute Gasteiger partial charge is 0.623 e. The number of hydroxylamine groups is 2. The zero-order valence-corrected chi connectivity index (χ0v) is 23.1. The predicted molar refractivity (Wildman–Crippen MR) is 134 cm³/mol. The number of benzene rings is 1. The smallest absolute Gasteiger partial charge is 0.401 e. The second-order valence-corrected chi connectivity index (χ2v) is 13.4. The first-order chi connectivity index (χ1) is 15.8. The molecule has 0 aliphatic carbocycles. The first-order valence-electron chi connectivity index (χ1n) is 11.3. The van der Waals surface area contributed by atoms with Crippen LogP contribution in [0.4, 0.5) is 0 Å². The first kappa shape index (κ1) is 30.5. The van der Waals surface area contributed by atoms with Crippen LogP contribution in [0.1, 0.15) is 66.5 Å². The van der Waals surface area contributed by atoms with Crippen molar-refractivity contribution in [3.8, 4) is 0 Å². The molecule has 0 radical (unpaired) electrons. The van der Waals surface area contributed by atoms with Crippen LogP contribution in [0.2, 0.25) is 0 Å². The Morgan fingerprint density at radius 2 is 0.971 bits per heavy atom. The maximum Gasteiger partial charge on any atom is 0.401 e. The van der Waals surface area contributed by atoms with Crippen molar-refractivity contribution in [2.75, 3.05) is 26.4 Å². The van der Waals surface area contributed by atoms with Crippen LogP contribution >= 0.6 is 15.2 Å². The van der Waals surface area contributed by atoms with Gasteiger partial charge < -0.3 is 28.5 Å². The Balaban J connectivity index is 3.53. The van der Waals surface area contributed by atoms with E-state index < -0.39 is 25.8 Å². The molecule has 0 aliphatic rings. The lowest BCUT2D eigenvalue weighted by molar-refractivity contribution is -0.511. The molecule has 0 spiro atoms. The van der Waals surface area contributed by atoms with Crippen molar-refractivity contribution in [2.45, 2.75) is 65.9 Å². The summed E-state index contributed by atoms with van der Waals surface area (Å²) in [5.41, 5.74) is 0.758. The Morgan fingerprint density at radius 3 is 1.21 bits per heavy atom. The standard InChI is InChI=1S/C22H38N2O8P2/c1-9-29-33(27,30-10-2)21(5,6)23(25)17-19-15-13-14-16-20(19)18-24(26)22(7,8)34(28,31-11-3)32-12-4/h13-18H,9-12H2,1-8H3/b23-17+,24-18+. The molecule has 0 aromatic heterocycles. The summed E-state index contributed by atoms with van der Waals surface area (Å²) in [6, 6.07) is 6.65. The molecule has 1 rings (SSSR count). The van der Waals surface area contributed by atoms with Crippen molar-refractivity contribution in [3.63, 3.8) is 0 Å². The molecule has 0 fully saturated rings. The summed E-state index contributed by atoms with van der Waals surface area (Å²) in [5.74, 6) is 0. The minimum absolute atomic E-state index is 0.110. The molecule has 12 heteroatoms. The van der Waals surface area contributed by atoms with Gasteiger partial charge >= 0.3 is 15.2 Å². The second kappa shape index (κ2) is 12.4. The molecule has 10 nitrogen and oxygen atoms in total. The highest BCUT2D eigenvalue weighted by Gasteiger charge is 2.52. The molecular formula is C22H38N2O8P2.